The lowest BCUT2D eigenvalue weighted by atomic mass is 9.99. The minimum atomic E-state index is -1.16. The van der Waals surface area contributed by atoms with E-state index in [0.717, 1.165) is 11.6 Å². The first-order valence-corrected chi connectivity index (χ1v) is 10.1. The summed E-state index contributed by atoms with van der Waals surface area (Å²) in [6.07, 6.45) is 0. The van der Waals surface area contributed by atoms with Crippen molar-refractivity contribution in [1.82, 2.24) is 0 Å². The summed E-state index contributed by atoms with van der Waals surface area (Å²) in [5.74, 6) is -3.29. The second kappa shape index (κ2) is 8.94. The van der Waals surface area contributed by atoms with Crippen LogP contribution in [0.1, 0.15) is 5.56 Å². The number of hydrogen-bond donors (Lipinski definition) is 0. The van der Waals surface area contributed by atoms with Crippen molar-refractivity contribution < 1.29 is 22.3 Å². The van der Waals surface area contributed by atoms with E-state index in [4.69, 9.17) is 4.74 Å². The van der Waals surface area contributed by atoms with Crippen LogP contribution in [0, 0.1) is 23.3 Å². The second-order valence-corrected chi connectivity index (χ2v) is 7.69. The molecule has 31 heavy (non-hydrogen) atoms. The van der Waals surface area contributed by atoms with Crippen molar-refractivity contribution in [2.45, 2.75) is 6.61 Å². The van der Waals surface area contributed by atoms with Crippen LogP contribution in [0.5, 0.6) is 5.75 Å². The molecule has 0 amide bonds. The van der Waals surface area contributed by atoms with Crippen LogP contribution in [0.15, 0.2) is 83.3 Å². The molecule has 0 radical (unpaired) electrons. The molecule has 0 fully saturated rings. The Balaban J connectivity index is 1.59. The van der Waals surface area contributed by atoms with Crippen molar-refractivity contribution in [3.63, 3.8) is 0 Å². The largest absolute Gasteiger partial charge is 0.489 e. The lowest BCUT2D eigenvalue weighted by Gasteiger charge is -2.11. The van der Waals surface area contributed by atoms with E-state index in [-0.39, 0.29) is 33.3 Å². The molecule has 0 aliphatic rings. The molecule has 0 heterocycles. The topological polar surface area (TPSA) is 9.23 Å². The highest BCUT2D eigenvalue weighted by Crippen LogP contribution is 2.34. The van der Waals surface area contributed by atoms with Gasteiger partial charge in [-0.3, -0.25) is 0 Å². The molecule has 0 aliphatic heterocycles. The predicted octanol–water partition coefficient (Wildman–Crippen LogP) is 7.92. The van der Waals surface area contributed by atoms with Crippen LogP contribution < -0.4 is 4.74 Å². The minimum absolute atomic E-state index is 0.0533. The Morgan fingerprint density at radius 3 is 2.03 bits per heavy atom. The van der Waals surface area contributed by atoms with E-state index >= 15 is 0 Å². The maximum Gasteiger partial charge on any atom is 0.173 e. The molecule has 4 aromatic carbocycles. The summed E-state index contributed by atoms with van der Waals surface area (Å²) in [7, 11) is 0. The van der Waals surface area contributed by atoms with Crippen molar-refractivity contribution in [1.29, 1.82) is 0 Å². The van der Waals surface area contributed by atoms with Gasteiger partial charge in [-0.2, -0.15) is 0 Å². The van der Waals surface area contributed by atoms with Crippen molar-refractivity contribution in [2.75, 3.05) is 0 Å². The van der Waals surface area contributed by atoms with Gasteiger partial charge in [-0.15, -0.1) is 0 Å². The Morgan fingerprint density at radius 2 is 1.32 bits per heavy atom. The number of benzene rings is 4. The van der Waals surface area contributed by atoms with Gasteiger partial charge < -0.3 is 4.74 Å². The van der Waals surface area contributed by atoms with E-state index in [0.29, 0.717) is 5.75 Å². The molecule has 0 bridgehead atoms. The van der Waals surface area contributed by atoms with Crippen LogP contribution in [0.2, 0.25) is 0 Å². The lowest BCUT2D eigenvalue weighted by molar-refractivity contribution is 0.304. The Hall–Kier alpha value is -3.12. The van der Waals surface area contributed by atoms with E-state index < -0.39 is 23.3 Å². The van der Waals surface area contributed by atoms with Crippen LogP contribution in [0.3, 0.4) is 0 Å². The molecule has 4 rings (SSSR count). The predicted molar refractivity (Wildman–Crippen MR) is 116 cm³/mol. The summed E-state index contributed by atoms with van der Waals surface area (Å²) in [6.45, 7) is 0.290. The molecule has 4 aromatic rings. The van der Waals surface area contributed by atoms with Crippen molar-refractivity contribution >= 4 is 15.9 Å². The zero-order valence-corrected chi connectivity index (χ0v) is 17.6. The van der Waals surface area contributed by atoms with Gasteiger partial charge in [0.2, 0.25) is 0 Å². The van der Waals surface area contributed by atoms with Gasteiger partial charge in [0.1, 0.15) is 24.0 Å². The van der Waals surface area contributed by atoms with Crippen LogP contribution in [-0.2, 0) is 6.61 Å². The van der Waals surface area contributed by atoms with E-state index in [1.165, 1.54) is 36.4 Å². The van der Waals surface area contributed by atoms with Gasteiger partial charge in [0.05, 0.1) is 4.47 Å². The maximum atomic E-state index is 14.7. The average Bonchev–Trinajstić information content (AvgIpc) is 2.77. The quantitative estimate of drug-likeness (QED) is 0.205. The number of rotatable bonds is 5. The Bertz CT molecular complexity index is 1240. The van der Waals surface area contributed by atoms with Gasteiger partial charge in [-0.25, -0.2) is 17.6 Å². The molecule has 0 aromatic heterocycles. The molecule has 0 atom stereocenters. The Labute approximate surface area is 185 Å². The zero-order valence-electron chi connectivity index (χ0n) is 16.0. The summed E-state index contributed by atoms with van der Waals surface area (Å²) >= 11 is 2.89. The van der Waals surface area contributed by atoms with Crippen LogP contribution in [0.25, 0.3) is 22.3 Å². The molecule has 0 N–H and O–H groups in total. The van der Waals surface area contributed by atoms with E-state index in [1.54, 1.807) is 6.07 Å². The molecule has 0 saturated carbocycles. The third-order valence-electron chi connectivity index (χ3n) is 4.79. The van der Waals surface area contributed by atoms with Gasteiger partial charge in [0.15, 0.2) is 11.6 Å². The monoisotopic (exact) mass is 486 g/mol. The van der Waals surface area contributed by atoms with Crippen LogP contribution >= 0.6 is 15.9 Å². The molecular weight excluding hydrogens is 472 g/mol. The number of ether oxygens (including phenoxy) is 1. The van der Waals surface area contributed by atoms with E-state index in [9.17, 15) is 17.6 Å². The highest BCUT2D eigenvalue weighted by atomic mass is 79.9. The van der Waals surface area contributed by atoms with E-state index in [1.807, 2.05) is 30.3 Å². The summed E-state index contributed by atoms with van der Waals surface area (Å²) in [5.41, 5.74) is 1.05. The first-order valence-electron chi connectivity index (χ1n) is 9.34. The second-order valence-electron chi connectivity index (χ2n) is 6.83. The Kier molecular flexibility index (Phi) is 6.09. The van der Waals surface area contributed by atoms with Gasteiger partial charge in [0, 0.05) is 22.8 Å². The van der Waals surface area contributed by atoms with Crippen molar-refractivity contribution in [3.8, 4) is 28.0 Å². The normalized spacial score (nSPS) is 10.9. The summed E-state index contributed by atoms with van der Waals surface area (Å²) in [4.78, 5) is 0. The fourth-order valence-electron chi connectivity index (χ4n) is 3.20. The van der Waals surface area contributed by atoms with E-state index in [2.05, 4.69) is 15.9 Å². The molecule has 156 valence electrons. The summed E-state index contributed by atoms with van der Waals surface area (Å²) in [5, 5.41) is 0. The van der Waals surface area contributed by atoms with Gasteiger partial charge >= 0.3 is 0 Å². The lowest BCUT2D eigenvalue weighted by Crippen LogP contribution is -1.97. The van der Waals surface area contributed by atoms with Gasteiger partial charge in [-0.05, 0) is 57.4 Å². The molecule has 0 saturated heterocycles. The van der Waals surface area contributed by atoms with Crippen molar-refractivity contribution in [2.24, 2.45) is 0 Å². The molecule has 0 unspecified atom stereocenters. The number of halogens is 5. The highest BCUT2D eigenvalue weighted by molar-refractivity contribution is 9.10. The fraction of sp³-hybridized carbons (Fsp3) is 0.0400. The molecule has 6 heteroatoms. The van der Waals surface area contributed by atoms with Gasteiger partial charge in [0.25, 0.3) is 0 Å². The molecule has 0 aliphatic carbocycles. The summed E-state index contributed by atoms with van der Waals surface area (Å²) in [6, 6.07) is 20.2. The SMILES string of the molecule is Fc1cc(OCc2ccccc2)ccc1-c1ccc(-c2ccc(Br)c(F)c2F)c(F)c1. The molecule has 1 nitrogen and oxygen atoms in total. The smallest absolute Gasteiger partial charge is 0.173 e. The number of hydrogen-bond acceptors (Lipinski definition) is 1. The summed E-state index contributed by atoms with van der Waals surface area (Å²) < 4.78 is 62.9. The zero-order chi connectivity index (χ0) is 22.0. The van der Waals surface area contributed by atoms with Crippen LogP contribution in [0.4, 0.5) is 17.6 Å². The maximum absolute atomic E-state index is 14.7. The fourth-order valence-corrected chi connectivity index (χ4v) is 3.50. The Morgan fingerprint density at radius 1 is 0.645 bits per heavy atom. The third kappa shape index (κ3) is 4.49. The minimum Gasteiger partial charge on any atom is -0.489 e. The van der Waals surface area contributed by atoms with Crippen molar-refractivity contribution in [3.05, 3.63) is 112 Å². The average molecular weight is 487 g/mol. The van der Waals surface area contributed by atoms with Gasteiger partial charge in [-0.1, -0.05) is 42.5 Å². The molecule has 0 spiro atoms. The van der Waals surface area contributed by atoms with Crippen LogP contribution in [-0.4, -0.2) is 0 Å². The first kappa shape index (κ1) is 21.1. The molecular formula is C25H15BrF4O. The highest BCUT2D eigenvalue weighted by Gasteiger charge is 2.17. The first-order chi connectivity index (χ1) is 14.9. The standard InChI is InChI=1S/C25H15BrF4O/c26-21-11-10-20(24(29)25(21)30)19-8-6-16(12-22(19)27)18-9-7-17(13-23(18)28)31-14-15-4-2-1-3-5-15/h1-13H,14H2. The third-order valence-corrected chi connectivity index (χ3v) is 5.41.